The zero-order valence-corrected chi connectivity index (χ0v) is 16.7. The second kappa shape index (κ2) is 6.65. The Morgan fingerprint density at radius 1 is 1.04 bits per heavy atom. The van der Waals surface area contributed by atoms with Gasteiger partial charge in [-0.2, -0.15) is 0 Å². The van der Waals surface area contributed by atoms with Gasteiger partial charge in [0, 0.05) is 5.41 Å². The largest absolute Gasteiger partial charge is 0.478 e. The first-order valence-electron chi connectivity index (χ1n) is 9.37. The van der Waals surface area contributed by atoms with E-state index in [-0.39, 0.29) is 16.9 Å². The maximum Gasteiger partial charge on any atom is 0.335 e. The van der Waals surface area contributed by atoms with Crippen molar-refractivity contribution in [3.63, 3.8) is 0 Å². The van der Waals surface area contributed by atoms with E-state index >= 15 is 0 Å². The summed E-state index contributed by atoms with van der Waals surface area (Å²) in [4.78, 5) is 11.0. The SMILES string of the molecule is Cc1cc2c(cc1/C=C/c1ccc(C(=O)O)cc1)C(C)(C)CC(O)C2(C)C. The highest BCUT2D eigenvalue weighted by atomic mass is 16.4. The standard InChI is InChI=1S/C24H28O3/c1-15-12-20-19(23(2,3)14-21(25)24(20,4)5)13-18(15)11-8-16-6-9-17(10-7-16)22(26)27/h6-13,21,25H,14H2,1-5H3,(H,26,27)/b11-8+. The van der Waals surface area contributed by atoms with E-state index in [0.717, 1.165) is 17.5 Å². The summed E-state index contributed by atoms with van der Waals surface area (Å²) in [5.41, 5.74) is 5.76. The molecule has 142 valence electrons. The molecule has 27 heavy (non-hydrogen) atoms. The van der Waals surface area contributed by atoms with Gasteiger partial charge < -0.3 is 10.2 Å². The van der Waals surface area contributed by atoms with Crippen molar-refractivity contribution in [2.75, 3.05) is 0 Å². The number of carboxylic acid groups (broad SMARTS) is 1. The Kier molecular flexibility index (Phi) is 4.77. The number of hydrogen-bond donors (Lipinski definition) is 2. The van der Waals surface area contributed by atoms with Gasteiger partial charge in [-0.25, -0.2) is 4.79 Å². The van der Waals surface area contributed by atoms with E-state index in [4.69, 9.17) is 5.11 Å². The quantitative estimate of drug-likeness (QED) is 0.738. The van der Waals surface area contributed by atoms with Gasteiger partial charge in [0.1, 0.15) is 0 Å². The van der Waals surface area contributed by atoms with Crippen molar-refractivity contribution in [3.8, 4) is 0 Å². The number of fused-ring (bicyclic) bond motifs is 1. The molecule has 3 nitrogen and oxygen atoms in total. The summed E-state index contributed by atoms with van der Waals surface area (Å²) in [6.07, 6.45) is 4.49. The molecule has 2 N–H and O–H groups in total. The smallest absolute Gasteiger partial charge is 0.335 e. The molecule has 0 aromatic heterocycles. The number of aromatic carboxylic acids is 1. The van der Waals surface area contributed by atoms with Crippen molar-refractivity contribution in [2.24, 2.45) is 0 Å². The molecule has 1 aliphatic rings. The van der Waals surface area contributed by atoms with Crippen LogP contribution in [0.1, 0.15) is 72.3 Å². The Labute approximate surface area is 161 Å². The molecule has 2 aromatic rings. The minimum Gasteiger partial charge on any atom is -0.478 e. The zero-order chi connectivity index (χ0) is 20.0. The molecule has 0 spiro atoms. The van der Waals surface area contributed by atoms with Crippen LogP contribution >= 0.6 is 0 Å². The highest BCUT2D eigenvalue weighted by molar-refractivity contribution is 5.88. The van der Waals surface area contributed by atoms with Gasteiger partial charge in [-0.1, -0.05) is 64.1 Å². The molecule has 0 saturated carbocycles. The van der Waals surface area contributed by atoms with Gasteiger partial charge in [-0.3, -0.25) is 0 Å². The molecular formula is C24H28O3. The Hall–Kier alpha value is -2.39. The summed E-state index contributed by atoms with van der Waals surface area (Å²) in [6.45, 7) is 10.7. The normalized spacial score (nSPS) is 20.4. The van der Waals surface area contributed by atoms with Crippen LogP contribution in [0.4, 0.5) is 0 Å². The fraction of sp³-hybridized carbons (Fsp3) is 0.375. The maximum absolute atomic E-state index is 11.0. The second-order valence-corrected chi connectivity index (χ2v) is 8.84. The third kappa shape index (κ3) is 3.57. The third-order valence-corrected chi connectivity index (χ3v) is 5.98. The summed E-state index contributed by atoms with van der Waals surface area (Å²) in [5, 5.41) is 19.6. The lowest BCUT2D eigenvalue weighted by Crippen LogP contribution is -2.45. The molecule has 0 saturated heterocycles. The third-order valence-electron chi connectivity index (χ3n) is 5.98. The van der Waals surface area contributed by atoms with Gasteiger partial charge in [0.25, 0.3) is 0 Å². The van der Waals surface area contributed by atoms with Gasteiger partial charge >= 0.3 is 5.97 Å². The first kappa shape index (κ1) is 19.4. The minimum atomic E-state index is -0.914. The van der Waals surface area contributed by atoms with Crippen molar-refractivity contribution in [1.82, 2.24) is 0 Å². The Morgan fingerprint density at radius 2 is 1.67 bits per heavy atom. The van der Waals surface area contributed by atoms with Crippen LogP contribution in [0.15, 0.2) is 36.4 Å². The summed E-state index contributed by atoms with van der Waals surface area (Å²) in [6, 6.07) is 11.3. The number of aryl methyl sites for hydroxylation is 1. The fourth-order valence-electron chi connectivity index (χ4n) is 3.95. The second-order valence-electron chi connectivity index (χ2n) is 8.84. The number of aliphatic hydroxyl groups is 1. The molecule has 0 amide bonds. The first-order valence-corrected chi connectivity index (χ1v) is 9.37. The van der Waals surface area contributed by atoms with E-state index in [9.17, 15) is 9.90 Å². The Bertz CT molecular complexity index is 902. The van der Waals surface area contributed by atoms with Gasteiger partial charge in [0.15, 0.2) is 0 Å². The lowest BCUT2D eigenvalue weighted by molar-refractivity contribution is 0.0582. The minimum absolute atomic E-state index is 0.0797. The van der Waals surface area contributed by atoms with Gasteiger partial charge in [-0.05, 0) is 58.7 Å². The van der Waals surface area contributed by atoms with Crippen LogP contribution in [-0.4, -0.2) is 22.3 Å². The number of aliphatic hydroxyl groups excluding tert-OH is 1. The van der Waals surface area contributed by atoms with E-state index in [1.165, 1.54) is 16.7 Å². The molecule has 2 aromatic carbocycles. The van der Waals surface area contributed by atoms with Crippen molar-refractivity contribution in [2.45, 2.75) is 58.0 Å². The average molecular weight is 364 g/mol. The van der Waals surface area contributed by atoms with Gasteiger partial charge in [0.05, 0.1) is 11.7 Å². The Morgan fingerprint density at radius 3 is 2.26 bits per heavy atom. The van der Waals surface area contributed by atoms with E-state index in [1.54, 1.807) is 12.1 Å². The summed E-state index contributed by atoms with van der Waals surface area (Å²) < 4.78 is 0. The lowest BCUT2D eigenvalue weighted by Gasteiger charge is -2.45. The molecule has 0 heterocycles. The number of carboxylic acids is 1. The van der Waals surface area contributed by atoms with Crippen LogP contribution in [0.25, 0.3) is 12.2 Å². The topological polar surface area (TPSA) is 57.5 Å². The van der Waals surface area contributed by atoms with E-state index in [1.807, 2.05) is 18.2 Å². The van der Waals surface area contributed by atoms with Crippen LogP contribution in [-0.2, 0) is 10.8 Å². The maximum atomic E-state index is 11.0. The first-order chi connectivity index (χ1) is 12.5. The van der Waals surface area contributed by atoms with E-state index in [0.29, 0.717) is 5.56 Å². The van der Waals surface area contributed by atoms with Crippen molar-refractivity contribution in [1.29, 1.82) is 0 Å². The summed E-state index contributed by atoms with van der Waals surface area (Å²) in [5.74, 6) is -0.914. The molecule has 0 fully saturated rings. The predicted molar refractivity (Wildman–Crippen MR) is 110 cm³/mol. The molecule has 0 aliphatic heterocycles. The van der Waals surface area contributed by atoms with Crippen LogP contribution in [0, 0.1) is 6.92 Å². The monoisotopic (exact) mass is 364 g/mol. The molecule has 0 radical (unpaired) electrons. The number of rotatable bonds is 3. The fourth-order valence-corrected chi connectivity index (χ4v) is 3.95. The van der Waals surface area contributed by atoms with Crippen LogP contribution < -0.4 is 0 Å². The number of hydrogen-bond acceptors (Lipinski definition) is 2. The molecular weight excluding hydrogens is 336 g/mol. The van der Waals surface area contributed by atoms with Crippen molar-refractivity contribution < 1.29 is 15.0 Å². The van der Waals surface area contributed by atoms with Crippen molar-refractivity contribution in [3.05, 3.63) is 69.8 Å². The molecule has 3 heteroatoms. The predicted octanol–water partition coefficient (Wildman–Crippen LogP) is 5.18. The van der Waals surface area contributed by atoms with E-state index < -0.39 is 5.97 Å². The molecule has 3 rings (SSSR count). The summed E-state index contributed by atoms with van der Waals surface area (Å²) in [7, 11) is 0. The highest BCUT2D eigenvalue weighted by Gasteiger charge is 2.43. The van der Waals surface area contributed by atoms with E-state index in [2.05, 4.69) is 52.8 Å². The molecule has 1 atom stereocenters. The number of carbonyl (C=O) groups is 1. The highest BCUT2D eigenvalue weighted by Crippen LogP contribution is 2.46. The average Bonchev–Trinajstić information content (AvgIpc) is 2.59. The van der Waals surface area contributed by atoms with Crippen LogP contribution in [0.2, 0.25) is 0 Å². The van der Waals surface area contributed by atoms with Crippen molar-refractivity contribution >= 4 is 18.1 Å². The molecule has 1 aliphatic carbocycles. The number of benzene rings is 2. The zero-order valence-electron chi connectivity index (χ0n) is 16.7. The van der Waals surface area contributed by atoms with Crippen LogP contribution in [0.3, 0.4) is 0 Å². The Balaban J connectivity index is 2.00. The van der Waals surface area contributed by atoms with Crippen LogP contribution in [0.5, 0.6) is 0 Å². The lowest BCUT2D eigenvalue weighted by atomic mass is 9.61. The van der Waals surface area contributed by atoms with Gasteiger partial charge in [-0.15, -0.1) is 0 Å². The molecule has 1 unspecified atom stereocenters. The summed E-state index contributed by atoms with van der Waals surface area (Å²) >= 11 is 0. The van der Waals surface area contributed by atoms with Gasteiger partial charge in [0.2, 0.25) is 0 Å². The molecule has 0 bridgehead atoms.